The number of carbonyl (C=O) groups is 1. The van der Waals surface area contributed by atoms with E-state index in [1.807, 2.05) is 30.3 Å². The third-order valence-electron chi connectivity index (χ3n) is 10.5. The van der Waals surface area contributed by atoms with Crippen LogP contribution < -0.4 is 9.47 Å². The number of fused-ring (bicyclic) bond motifs is 2. The first-order valence-electron chi connectivity index (χ1n) is 15.8. The SMILES string of the molecule is COC1=CC(=O)[C@]2(Cc3ccccc3)C[C@H](O[Si](C(C)C)(C(C)C)C(C)C)[C@@H](c3ccc(OC)c(OC)c3)[C@H]1C2(OC)OC. The number of hydrogen-bond donors (Lipinski definition) is 0. The van der Waals surface area contributed by atoms with E-state index >= 15 is 0 Å². The lowest BCUT2D eigenvalue weighted by molar-refractivity contribution is -0.322. The molecule has 0 spiro atoms. The summed E-state index contributed by atoms with van der Waals surface area (Å²) in [7, 11) is 5.75. The number of carbonyl (C=O) groups excluding carboxylic acids is 1. The highest BCUT2D eigenvalue weighted by Gasteiger charge is 2.71. The molecule has 2 bridgehead atoms. The van der Waals surface area contributed by atoms with Crippen LogP contribution in [-0.4, -0.2) is 61.5 Å². The molecule has 1 saturated carbocycles. The minimum atomic E-state index is -2.43. The Balaban J connectivity index is 2.07. The maximum atomic E-state index is 14.6. The number of benzene rings is 2. The fourth-order valence-corrected chi connectivity index (χ4v) is 14.3. The molecule has 0 N–H and O–H groups in total. The third kappa shape index (κ3) is 5.31. The van der Waals surface area contributed by atoms with E-state index in [-0.39, 0.29) is 17.8 Å². The highest BCUT2D eigenvalue weighted by Crippen LogP contribution is 2.63. The van der Waals surface area contributed by atoms with Crippen molar-refractivity contribution in [3.05, 3.63) is 71.5 Å². The number of hydrogen-bond acceptors (Lipinski definition) is 7. The molecule has 0 aromatic heterocycles. The summed E-state index contributed by atoms with van der Waals surface area (Å²) in [5, 5.41) is 0. The van der Waals surface area contributed by atoms with Gasteiger partial charge in [-0.1, -0.05) is 77.9 Å². The van der Waals surface area contributed by atoms with E-state index < -0.39 is 25.4 Å². The summed E-state index contributed by atoms with van der Waals surface area (Å²) in [6.45, 7) is 13.8. The minimum Gasteiger partial charge on any atom is -0.500 e. The molecule has 0 aliphatic heterocycles. The van der Waals surface area contributed by atoms with Gasteiger partial charge in [0.15, 0.2) is 23.1 Å². The predicted octanol–water partition coefficient (Wildman–Crippen LogP) is 7.70. The Morgan fingerprint density at radius 1 is 0.795 bits per heavy atom. The van der Waals surface area contributed by atoms with Gasteiger partial charge in [0.05, 0.1) is 38.8 Å². The van der Waals surface area contributed by atoms with Crippen LogP contribution in [0.2, 0.25) is 16.6 Å². The van der Waals surface area contributed by atoms with Gasteiger partial charge in [-0.15, -0.1) is 0 Å². The van der Waals surface area contributed by atoms with Gasteiger partial charge in [-0.05, 0) is 52.7 Å². The maximum absolute atomic E-state index is 14.6. The number of rotatable bonds is 13. The van der Waals surface area contributed by atoms with E-state index in [1.165, 1.54) is 0 Å². The van der Waals surface area contributed by atoms with Gasteiger partial charge in [0.2, 0.25) is 8.32 Å². The van der Waals surface area contributed by atoms with Crippen LogP contribution in [0.1, 0.15) is 65.0 Å². The Hall–Kier alpha value is -2.65. The Morgan fingerprint density at radius 3 is 1.89 bits per heavy atom. The van der Waals surface area contributed by atoms with Gasteiger partial charge in [0.1, 0.15) is 5.76 Å². The van der Waals surface area contributed by atoms with E-state index in [1.54, 1.807) is 41.6 Å². The lowest BCUT2D eigenvalue weighted by atomic mass is 9.51. The quantitative estimate of drug-likeness (QED) is 0.167. The van der Waals surface area contributed by atoms with Crippen LogP contribution in [0.4, 0.5) is 0 Å². The van der Waals surface area contributed by atoms with E-state index in [0.29, 0.717) is 46.7 Å². The number of methoxy groups -OCH3 is 5. The minimum absolute atomic E-state index is 0.0663. The summed E-state index contributed by atoms with van der Waals surface area (Å²) in [6.07, 6.45) is 2.20. The summed E-state index contributed by atoms with van der Waals surface area (Å²) < 4.78 is 38.1. The monoisotopic (exact) mass is 624 g/mol. The number of ketones is 1. The van der Waals surface area contributed by atoms with Gasteiger partial charge in [-0.25, -0.2) is 0 Å². The van der Waals surface area contributed by atoms with E-state index in [0.717, 1.165) is 11.1 Å². The summed E-state index contributed by atoms with van der Waals surface area (Å²) >= 11 is 0. The van der Waals surface area contributed by atoms with Crippen molar-refractivity contribution >= 4 is 14.1 Å². The zero-order chi connectivity index (χ0) is 32.4. The second-order valence-corrected chi connectivity index (χ2v) is 18.6. The molecular formula is C36H52O7Si. The molecule has 0 heterocycles. The molecule has 0 unspecified atom stereocenters. The zero-order valence-electron chi connectivity index (χ0n) is 28.4. The van der Waals surface area contributed by atoms with Gasteiger partial charge < -0.3 is 28.1 Å². The highest BCUT2D eigenvalue weighted by atomic mass is 28.4. The van der Waals surface area contributed by atoms with Gasteiger partial charge in [-0.3, -0.25) is 4.79 Å². The molecule has 2 aromatic rings. The lowest BCUT2D eigenvalue weighted by Gasteiger charge is -2.62. The molecule has 7 nitrogen and oxygen atoms in total. The second-order valence-electron chi connectivity index (χ2n) is 13.2. The molecule has 242 valence electrons. The molecule has 2 aromatic carbocycles. The van der Waals surface area contributed by atoms with Crippen molar-refractivity contribution in [2.24, 2.45) is 11.3 Å². The Labute approximate surface area is 265 Å². The van der Waals surface area contributed by atoms with Crippen LogP contribution in [0.5, 0.6) is 11.5 Å². The Bertz CT molecular complexity index is 1300. The molecule has 44 heavy (non-hydrogen) atoms. The van der Waals surface area contributed by atoms with Gasteiger partial charge in [0, 0.05) is 26.2 Å². The molecule has 4 atom stereocenters. The van der Waals surface area contributed by atoms with Crippen LogP contribution >= 0.6 is 0 Å². The molecule has 0 radical (unpaired) electrons. The van der Waals surface area contributed by atoms with E-state index in [2.05, 4.69) is 59.7 Å². The van der Waals surface area contributed by atoms with Crippen LogP contribution in [0.15, 0.2) is 60.4 Å². The van der Waals surface area contributed by atoms with Crippen molar-refractivity contribution in [3.8, 4) is 11.5 Å². The summed E-state index contributed by atoms with van der Waals surface area (Å²) in [5.74, 6) is -0.357. The molecule has 0 saturated heterocycles. The van der Waals surface area contributed by atoms with Crippen LogP contribution in [0, 0.1) is 11.3 Å². The predicted molar refractivity (Wildman–Crippen MR) is 176 cm³/mol. The largest absolute Gasteiger partial charge is 0.500 e. The van der Waals surface area contributed by atoms with Crippen LogP contribution in [0.25, 0.3) is 0 Å². The molecule has 2 aliphatic carbocycles. The standard InChI is InChI=1S/C36H52O7Si/c1-23(2)44(24(3)4,25(5)6)43-31-22-35(21-26-15-13-12-14-16-26)32(37)20-30(40-9)34(36(35,41-10)42-11)33(31)27-17-18-28(38-7)29(19-27)39-8/h12-20,23-25,31,33-34H,21-22H2,1-11H3/t31-,33+,34-,35-/m0/s1. The first kappa shape index (κ1) is 34.2. The Morgan fingerprint density at radius 2 is 1.39 bits per heavy atom. The maximum Gasteiger partial charge on any atom is 0.200 e. The first-order chi connectivity index (χ1) is 20.9. The fraction of sp³-hybridized carbons (Fsp3) is 0.583. The van der Waals surface area contributed by atoms with Gasteiger partial charge >= 0.3 is 0 Å². The molecule has 4 rings (SSSR count). The fourth-order valence-electron chi connectivity index (χ4n) is 8.75. The van der Waals surface area contributed by atoms with Crippen molar-refractivity contribution in [2.75, 3.05) is 35.5 Å². The zero-order valence-corrected chi connectivity index (χ0v) is 29.4. The average molecular weight is 625 g/mol. The van der Waals surface area contributed by atoms with E-state index in [9.17, 15) is 4.79 Å². The smallest absolute Gasteiger partial charge is 0.200 e. The summed E-state index contributed by atoms with van der Waals surface area (Å²) in [5.41, 5.74) is 2.01. The van der Waals surface area contributed by atoms with Gasteiger partial charge in [0.25, 0.3) is 0 Å². The van der Waals surface area contributed by atoms with Crippen molar-refractivity contribution in [1.82, 2.24) is 0 Å². The normalized spacial score (nSPS) is 24.9. The highest BCUT2D eigenvalue weighted by molar-refractivity contribution is 6.77. The summed E-state index contributed by atoms with van der Waals surface area (Å²) in [4.78, 5) is 14.6. The molecule has 8 heteroatoms. The molecule has 2 aliphatic rings. The second kappa shape index (κ2) is 13.4. The number of allylic oxidation sites excluding steroid dienone is 1. The molecule has 0 amide bonds. The average Bonchev–Trinajstić information content (AvgIpc) is 3.01. The van der Waals surface area contributed by atoms with Crippen molar-refractivity contribution in [1.29, 1.82) is 0 Å². The van der Waals surface area contributed by atoms with Crippen molar-refractivity contribution in [2.45, 2.75) is 88.8 Å². The van der Waals surface area contributed by atoms with Crippen molar-refractivity contribution < 1.29 is 32.9 Å². The number of ether oxygens (including phenoxy) is 5. The molecule has 1 fully saturated rings. The van der Waals surface area contributed by atoms with Gasteiger partial charge in [-0.2, -0.15) is 0 Å². The first-order valence-corrected chi connectivity index (χ1v) is 17.9. The van der Waals surface area contributed by atoms with Crippen LogP contribution in [0.3, 0.4) is 0 Å². The van der Waals surface area contributed by atoms with Crippen molar-refractivity contribution in [3.63, 3.8) is 0 Å². The third-order valence-corrected chi connectivity index (χ3v) is 16.6. The summed E-state index contributed by atoms with van der Waals surface area (Å²) in [6, 6.07) is 16.1. The van der Waals surface area contributed by atoms with Crippen LogP contribution in [-0.2, 0) is 29.9 Å². The molecular weight excluding hydrogens is 572 g/mol. The lowest BCUT2D eigenvalue weighted by Crippen LogP contribution is -2.70. The topological polar surface area (TPSA) is 72.5 Å². The Kier molecular flexibility index (Phi) is 10.4. The van der Waals surface area contributed by atoms with E-state index in [4.69, 9.17) is 28.1 Å².